The number of rotatable bonds is 6. The quantitative estimate of drug-likeness (QED) is 0.387. The molecule has 5 aromatic rings. The van der Waals surface area contributed by atoms with Gasteiger partial charge in [0.25, 0.3) is 0 Å². The topological polar surface area (TPSA) is 73.8 Å². The Morgan fingerprint density at radius 1 is 0.933 bits per heavy atom. The summed E-state index contributed by atoms with van der Waals surface area (Å²) in [6.07, 6.45) is 4.42. The molecular weight excluding hydrogens is 372 g/mol. The SMILES string of the molecule is OC[C@@H](Cc1c[nH]c2ccccc12)Nc1nccc(-c2ccc3ccccc3c2)n1. The van der Waals surface area contributed by atoms with Crippen molar-refractivity contribution in [3.05, 3.63) is 90.8 Å². The molecule has 0 aliphatic carbocycles. The van der Waals surface area contributed by atoms with Crippen LogP contribution in [0.2, 0.25) is 0 Å². The van der Waals surface area contributed by atoms with Crippen LogP contribution in [0.25, 0.3) is 32.9 Å². The summed E-state index contributed by atoms with van der Waals surface area (Å²) in [4.78, 5) is 12.3. The van der Waals surface area contributed by atoms with E-state index < -0.39 is 0 Å². The number of nitrogens with one attached hydrogen (secondary N) is 2. The Hall–Kier alpha value is -3.70. The lowest BCUT2D eigenvalue weighted by molar-refractivity contribution is 0.273. The monoisotopic (exact) mass is 394 g/mol. The van der Waals surface area contributed by atoms with Gasteiger partial charge in [-0.25, -0.2) is 9.97 Å². The summed E-state index contributed by atoms with van der Waals surface area (Å²) in [6.45, 7) is -0.0108. The van der Waals surface area contributed by atoms with E-state index >= 15 is 0 Å². The van der Waals surface area contributed by atoms with E-state index in [2.05, 4.69) is 62.7 Å². The van der Waals surface area contributed by atoms with Crippen LogP contribution in [0.15, 0.2) is 85.2 Å². The van der Waals surface area contributed by atoms with Crippen LogP contribution < -0.4 is 5.32 Å². The third-order valence-corrected chi connectivity index (χ3v) is 5.40. The average molecular weight is 394 g/mol. The van der Waals surface area contributed by atoms with Crippen molar-refractivity contribution in [1.82, 2.24) is 15.0 Å². The Labute approximate surface area is 174 Å². The molecule has 0 saturated carbocycles. The lowest BCUT2D eigenvalue weighted by atomic mass is 10.0. The Morgan fingerprint density at radius 2 is 1.77 bits per heavy atom. The molecule has 1 atom stereocenters. The summed E-state index contributed by atoms with van der Waals surface area (Å²) in [7, 11) is 0. The predicted molar refractivity (Wildman–Crippen MR) is 121 cm³/mol. The lowest BCUT2D eigenvalue weighted by Crippen LogP contribution is -2.27. The molecule has 148 valence electrons. The molecule has 0 aliphatic rings. The molecule has 5 heteroatoms. The van der Waals surface area contributed by atoms with E-state index in [9.17, 15) is 5.11 Å². The Morgan fingerprint density at radius 3 is 2.67 bits per heavy atom. The highest BCUT2D eigenvalue weighted by atomic mass is 16.3. The number of aromatic nitrogens is 3. The number of para-hydroxylation sites is 1. The van der Waals surface area contributed by atoms with Crippen molar-refractivity contribution in [3.63, 3.8) is 0 Å². The maximum atomic E-state index is 9.93. The molecule has 3 N–H and O–H groups in total. The van der Waals surface area contributed by atoms with Crippen molar-refractivity contribution < 1.29 is 5.11 Å². The fraction of sp³-hybridized carbons (Fsp3) is 0.120. The highest BCUT2D eigenvalue weighted by molar-refractivity contribution is 5.87. The zero-order valence-electron chi connectivity index (χ0n) is 16.4. The minimum atomic E-state index is -0.184. The van der Waals surface area contributed by atoms with Crippen LogP contribution in [-0.2, 0) is 6.42 Å². The van der Waals surface area contributed by atoms with Gasteiger partial charge < -0.3 is 15.4 Å². The van der Waals surface area contributed by atoms with Gasteiger partial charge in [-0.1, -0.05) is 54.6 Å². The predicted octanol–water partition coefficient (Wildman–Crippen LogP) is 4.79. The number of hydrogen-bond donors (Lipinski definition) is 3. The maximum absolute atomic E-state index is 9.93. The number of anilines is 1. The number of aliphatic hydroxyl groups is 1. The van der Waals surface area contributed by atoms with Crippen LogP contribution in [0.1, 0.15) is 5.56 Å². The normalized spacial score (nSPS) is 12.3. The van der Waals surface area contributed by atoms with Crippen molar-refractivity contribution in [2.75, 3.05) is 11.9 Å². The van der Waals surface area contributed by atoms with Crippen LogP contribution in [0.4, 0.5) is 5.95 Å². The molecule has 2 heterocycles. The maximum Gasteiger partial charge on any atom is 0.223 e. The Balaban J connectivity index is 1.38. The first-order chi connectivity index (χ1) is 14.8. The number of H-pyrrole nitrogens is 1. The first kappa shape index (κ1) is 18.3. The van der Waals surface area contributed by atoms with Crippen LogP contribution in [0.3, 0.4) is 0 Å². The van der Waals surface area contributed by atoms with Crippen LogP contribution in [-0.4, -0.2) is 32.7 Å². The van der Waals surface area contributed by atoms with Crippen molar-refractivity contribution in [2.24, 2.45) is 0 Å². The van der Waals surface area contributed by atoms with Gasteiger partial charge in [-0.3, -0.25) is 0 Å². The van der Waals surface area contributed by atoms with E-state index in [0.717, 1.165) is 22.3 Å². The van der Waals surface area contributed by atoms with Gasteiger partial charge in [-0.2, -0.15) is 0 Å². The van der Waals surface area contributed by atoms with Gasteiger partial charge in [0.2, 0.25) is 5.95 Å². The highest BCUT2D eigenvalue weighted by Gasteiger charge is 2.13. The van der Waals surface area contributed by atoms with Gasteiger partial charge in [-0.05, 0) is 41.0 Å². The second kappa shape index (κ2) is 7.97. The van der Waals surface area contributed by atoms with Gasteiger partial charge in [0, 0.05) is 28.9 Å². The highest BCUT2D eigenvalue weighted by Crippen LogP contribution is 2.24. The van der Waals surface area contributed by atoms with Gasteiger partial charge in [0.1, 0.15) is 0 Å². The van der Waals surface area contributed by atoms with E-state index in [1.54, 1.807) is 6.20 Å². The fourth-order valence-electron chi connectivity index (χ4n) is 3.85. The van der Waals surface area contributed by atoms with Gasteiger partial charge >= 0.3 is 0 Å². The minimum Gasteiger partial charge on any atom is -0.394 e. The van der Waals surface area contributed by atoms with E-state index in [1.165, 1.54) is 16.2 Å². The molecule has 5 nitrogen and oxygen atoms in total. The molecule has 0 bridgehead atoms. The number of nitrogens with zero attached hydrogens (tertiary/aromatic N) is 2. The largest absolute Gasteiger partial charge is 0.394 e. The van der Waals surface area contributed by atoms with E-state index in [-0.39, 0.29) is 12.6 Å². The summed E-state index contributed by atoms with van der Waals surface area (Å²) in [6, 6.07) is 24.5. The van der Waals surface area contributed by atoms with Crippen molar-refractivity contribution >= 4 is 27.6 Å². The lowest BCUT2D eigenvalue weighted by Gasteiger charge is -2.16. The average Bonchev–Trinajstić information content (AvgIpc) is 3.21. The number of aromatic amines is 1. The molecule has 0 unspecified atom stereocenters. The standard InChI is InChI=1S/C25H22N4O/c30-16-21(14-20-15-27-24-8-4-3-7-22(20)24)28-25-26-12-11-23(29-25)19-10-9-17-5-1-2-6-18(17)13-19/h1-13,15,21,27,30H,14,16H2,(H,26,28,29)/t21-/m1/s1. The molecule has 0 spiro atoms. The molecule has 0 saturated heterocycles. The summed E-state index contributed by atoms with van der Waals surface area (Å²) in [5.74, 6) is 0.513. The number of benzene rings is 3. The Bertz CT molecular complexity index is 1310. The summed E-state index contributed by atoms with van der Waals surface area (Å²) >= 11 is 0. The van der Waals surface area contributed by atoms with E-state index in [4.69, 9.17) is 0 Å². The smallest absolute Gasteiger partial charge is 0.223 e. The van der Waals surface area contributed by atoms with Crippen molar-refractivity contribution in [2.45, 2.75) is 12.5 Å². The van der Waals surface area contributed by atoms with Crippen molar-refractivity contribution in [3.8, 4) is 11.3 Å². The summed E-state index contributed by atoms with van der Waals surface area (Å²) < 4.78 is 0. The second-order valence-electron chi connectivity index (χ2n) is 7.41. The zero-order valence-corrected chi connectivity index (χ0v) is 16.4. The third kappa shape index (κ3) is 3.63. The van der Waals surface area contributed by atoms with Crippen molar-refractivity contribution in [1.29, 1.82) is 0 Å². The van der Waals surface area contributed by atoms with Gasteiger partial charge in [-0.15, -0.1) is 0 Å². The molecule has 30 heavy (non-hydrogen) atoms. The Kier molecular flexibility index (Phi) is 4.87. The van der Waals surface area contributed by atoms with E-state index in [1.807, 2.05) is 36.5 Å². The molecule has 0 aliphatic heterocycles. The van der Waals surface area contributed by atoms with E-state index in [0.29, 0.717) is 12.4 Å². The molecular formula is C25H22N4O. The second-order valence-corrected chi connectivity index (χ2v) is 7.41. The number of hydrogen-bond acceptors (Lipinski definition) is 4. The van der Waals surface area contributed by atoms with Gasteiger partial charge in [0.15, 0.2) is 0 Å². The molecule has 0 radical (unpaired) electrons. The zero-order chi connectivity index (χ0) is 20.3. The number of aliphatic hydroxyl groups excluding tert-OH is 1. The van der Waals surface area contributed by atoms with Crippen LogP contribution in [0.5, 0.6) is 0 Å². The molecule has 0 amide bonds. The fourth-order valence-corrected chi connectivity index (χ4v) is 3.85. The molecule has 3 aromatic carbocycles. The third-order valence-electron chi connectivity index (χ3n) is 5.40. The van der Waals surface area contributed by atoms with Crippen LogP contribution in [0, 0.1) is 0 Å². The summed E-state index contributed by atoms with van der Waals surface area (Å²) in [5.41, 5.74) is 4.14. The minimum absolute atomic E-state index is 0.0108. The summed E-state index contributed by atoms with van der Waals surface area (Å²) in [5, 5.41) is 16.8. The first-order valence-electron chi connectivity index (χ1n) is 10.0. The first-order valence-corrected chi connectivity index (χ1v) is 10.0. The molecule has 0 fully saturated rings. The number of fused-ring (bicyclic) bond motifs is 2. The molecule has 2 aromatic heterocycles. The van der Waals surface area contributed by atoms with Gasteiger partial charge in [0.05, 0.1) is 18.3 Å². The van der Waals surface area contributed by atoms with Crippen LogP contribution >= 0.6 is 0 Å². The molecule has 5 rings (SSSR count).